The van der Waals surface area contributed by atoms with Gasteiger partial charge in [-0.25, -0.2) is 4.39 Å². The van der Waals surface area contributed by atoms with E-state index in [1.54, 1.807) is 42.7 Å². The van der Waals surface area contributed by atoms with E-state index < -0.39 is 0 Å². The molecule has 0 radical (unpaired) electrons. The maximum Gasteiger partial charge on any atom is 0.287 e. The molecular weight excluding hydrogens is 285 g/mol. The van der Waals surface area contributed by atoms with Crippen molar-refractivity contribution in [2.75, 3.05) is 0 Å². The molecule has 0 saturated carbocycles. The molecule has 1 atom stereocenters. The van der Waals surface area contributed by atoms with Crippen LogP contribution in [-0.4, -0.2) is 5.91 Å². The van der Waals surface area contributed by atoms with Gasteiger partial charge < -0.3 is 14.2 Å². The predicted octanol–water partition coefficient (Wildman–Crippen LogP) is 4.17. The van der Waals surface area contributed by atoms with Crippen LogP contribution in [0.3, 0.4) is 0 Å². The number of halogens is 1. The summed E-state index contributed by atoms with van der Waals surface area (Å²) in [6, 6.07) is 12.4. The molecule has 2 heterocycles. The van der Waals surface area contributed by atoms with Gasteiger partial charge in [0.05, 0.1) is 12.3 Å². The number of hydrogen-bond acceptors (Lipinski definition) is 3. The van der Waals surface area contributed by atoms with E-state index in [1.807, 2.05) is 6.92 Å². The van der Waals surface area contributed by atoms with Gasteiger partial charge in [-0.05, 0) is 55.5 Å². The van der Waals surface area contributed by atoms with Gasteiger partial charge >= 0.3 is 0 Å². The number of hydrogen-bond donors (Lipinski definition) is 1. The van der Waals surface area contributed by atoms with Crippen molar-refractivity contribution < 1.29 is 18.0 Å². The Morgan fingerprint density at radius 1 is 1.14 bits per heavy atom. The standard InChI is InChI=1S/C17H14FNO3/c1-11(14-3-2-10-21-14)19-17(20)16-9-8-15(22-16)12-4-6-13(18)7-5-12/h2-11H,1H3,(H,19,20)/t11-/m0/s1. The Balaban J connectivity index is 1.73. The van der Waals surface area contributed by atoms with Crippen molar-refractivity contribution in [2.24, 2.45) is 0 Å². The van der Waals surface area contributed by atoms with E-state index in [-0.39, 0.29) is 23.5 Å². The molecule has 4 nitrogen and oxygen atoms in total. The lowest BCUT2D eigenvalue weighted by Crippen LogP contribution is -2.25. The second-order valence-corrected chi connectivity index (χ2v) is 4.88. The first-order valence-corrected chi connectivity index (χ1v) is 6.83. The minimum Gasteiger partial charge on any atom is -0.467 e. The molecule has 2 aromatic heterocycles. The summed E-state index contributed by atoms with van der Waals surface area (Å²) in [6.45, 7) is 1.82. The molecule has 0 aliphatic rings. The first kappa shape index (κ1) is 14.1. The molecule has 22 heavy (non-hydrogen) atoms. The highest BCUT2D eigenvalue weighted by molar-refractivity contribution is 5.92. The van der Waals surface area contributed by atoms with E-state index in [0.29, 0.717) is 17.1 Å². The largest absolute Gasteiger partial charge is 0.467 e. The fourth-order valence-electron chi connectivity index (χ4n) is 2.11. The predicted molar refractivity (Wildman–Crippen MR) is 78.7 cm³/mol. The quantitative estimate of drug-likeness (QED) is 0.786. The van der Waals surface area contributed by atoms with E-state index in [4.69, 9.17) is 8.83 Å². The first-order chi connectivity index (χ1) is 10.6. The van der Waals surface area contributed by atoms with Crippen molar-refractivity contribution in [1.29, 1.82) is 0 Å². The van der Waals surface area contributed by atoms with Crippen LogP contribution in [0.5, 0.6) is 0 Å². The molecule has 0 spiro atoms. The third-order valence-corrected chi connectivity index (χ3v) is 3.28. The lowest BCUT2D eigenvalue weighted by Gasteiger charge is -2.09. The molecule has 112 valence electrons. The van der Waals surface area contributed by atoms with Gasteiger partial charge in [0.2, 0.25) is 0 Å². The topological polar surface area (TPSA) is 55.4 Å². The summed E-state index contributed by atoms with van der Waals surface area (Å²) < 4.78 is 23.7. The van der Waals surface area contributed by atoms with Gasteiger partial charge in [0.25, 0.3) is 5.91 Å². The summed E-state index contributed by atoms with van der Waals surface area (Å²) in [5, 5.41) is 2.79. The van der Waals surface area contributed by atoms with Crippen LogP contribution in [-0.2, 0) is 0 Å². The fourth-order valence-corrected chi connectivity index (χ4v) is 2.11. The van der Waals surface area contributed by atoms with Gasteiger partial charge in [-0.3, -0.25) is 4.79 Å². The highest BCUT2D eigenvalue weighted by Gasteiger charge is 2.16. The Hall–Kier alpha value is -2.82. The van der Waals surface area contributed by atoms with Crippen LogP contribution in [0.2, 0.25) is 0 Å². The number of nitrogens with one attached hydrogen (secondary N) is 1. The SMILES string of the molecule is C[C@H](NC(=O)c1ccc(-c2ccc(F)cc2)o1)c1ccco1. The average Bonchev–Trinajstić information content (AvgIpc) is 3.20. The molecule has 0 saturated heterocycles. The fraction of sp³-hybridized carbons (Fsp3) is 0.118. The van der Waals surface area contributed by atoms with Gasteiger partial charge in [-0.1, -0.05) is 0 Å². The summed E-state index contributed by atoms with van der Waals surface area (Å²) in [5.41, 5.74) is 0.708. The van der Waals surface area contributed by atoms with Crippen molar-refractivity contribution >= 4 is 5.91 Å². The van der Waals surface area contributed by atoms with Crippen LogP contribution in [0, 0.1) is 5.82 Å². The molecule has 1 aromatic carbocycles. The Labute approximate surface area is 126 Å². The molecule has 0 bridgehead atoms. The molecule has 0 unspecified atom stereocenters. The average molecular weight is 299 g/mol. The molecule has 3 rings (SSSR count). The lowest BCUT2D eigenvalue weighted by molar-refractivity contribution is 0.0908. The Kier molecular flexibility index (Phi) is 3.78. The van der Waals surface area contributed by atoms with Gasteiger partial charge in [-0.15, -0.1) is 0 Å². The summed E-state index contributed by atoms with van der Waals surface area (Å²) in [7, 11) is 0. The third kappa shape index (κ3) is 2.93. The van der Waals surface area contributed by atoms with Gasteiger partial charge in [0.1, 0.15) is 17.3 Å². The van der Waals surface area contributed by atoms with E-state index in [1.165, 1.54) is 12.1 Å². The summed E-state index contributed by atoms with van der Waals surface area (Å²) in [6.07, 6.45) is 1.55. The normalized spacial score (nSPS) is 12.1. The number of furan rings is 2. The van der Waals surface area contributed by atoms with Crippen molar-refractivity contribution in [2.45, 2.75) is 13.0 Å². The van der Waals surface area contributed by atoms with Crippen LogP contribution in [0.15, 0.2) is 63.6 Å². The second kappa shape index (κ2) is 5.89. The maximum atomic E-state index is 12.9. The first-order valence-electron chi connectivity index (χ1n) is 6.83. The van der Waals surface area contributed by atoms with Crippen LogP contribution in [0.4, 0.5) is 4.39 Å². The van der Waals surface area contributed by atoms with E-state index in [9.17, 15) is 9.18 Å². The van der Waals surface area contributed by atoms with Gasteiger partial charge in [-0.2, -0.15) is 0 Å². The van der Waals surface area contributed by atoms with Crippen molar-refractivity contribution in [1.82, 2.24) is 5.32 Å². The lowest BCUT2D eigenvalue weighted by atomic mass is 10.2. The van der Waals surface area contributed by atoms with Crippen molar-refractivity contribution in [3.8, 4) is 11.3 Å². The smallest absolute Gasteiger partial charge is 0.287 e. The molecule has 5 heteroatoms. The molecule has 1 amide bonds. The molecule has 0 fully saturated rings. The molecular formula is C17H14FNO3. The number of carbonyl (C=O) groups excluding carboxylic acids is 1. The number of rotatable bonds is 4. The highest BCUT2D eigenvalue weighted by atomic mass is 19.1. The minimum absolute atomic E-state index is 0.192. The zero-order valence-electron chi connectivity index (χ0n) is 11.9. The maximum absolute atomic E-state index is 12.9. The van der Waals surface area contributed by atoms with Gasteiger partial charge in [0, 0.05) is 5.56 Å². The van der Waals surface area contributed by atoms with E-state index >= 15 is 0 Å². The van der Waals surface area contributed by atoms with Crippen LogP contribution < -0.4 is 5.32 Å². The second-order valence-electron chi connectivity index (χ2n) is 4.88. The molecule has 0 aliphatic heterocycles. The zero-order valence-corrected chi connectivity index (χ0v) is 11.9. The molecule has 3 aromatic rings. The number of benzene rings is 1. The number of amides is 1. The number of carbonyl (C=O) groups is 1. The van der Waals surface area contributed by atoms with Crippen molar-refractivity contribution in [3.63, 3.8) is 0 Å². The van der Waals surface area contributed by atoms with Crippen LogP contribution in [0.25, 0.3) is 11.3 Å². The van der Waals surface area contributed by atoms with Crippen molar-refractivity contribution in [3.05, 3.63) is 72.1 Å². The molecule has 0 aliphatic carbocycles. The Morgan fingerprint density at radius 2 is 1.91 bits per heavy atom. The van der Waals surface area contributed by atoms with Crippen LogP contribution >= 0.6 is 0 Å². The van der Waals surface area contributed by atoms with E-state index in [2.05, 4.69) is 5.32 Å². The summed E-state index contributed by atoms with van der Waals surface area (Å²) >= 11 is 0. The van der Waals surface area contributed by atoms with Gasteiger partial charge in [0.15, 0.2) is 5.76 Å². The zero-order chi connectivity index (χ0) is 15.5. The third-order valence-electron chi connectivity index (χ3n) is 3.28. The monoisotopic (exact) mass is 299 g/mol. The minimum atomic E-state index is -0.336. The Bertz CT molecular complexity index is 760. The van der Waals surface area contributed by atoms with Crippen LogP contribution in [0.1, 0.15) is 29.3 Å². The molecule has 1 N–H and O–H groups in total. The highest BCUT2D eigenvalue weighted by Crippen LogP contribution is 2.23. The van der Waals surface area contributed by atoms with E-state index in [0.717, 1.165) is 0 Å². The summed E-state index contributed by atoms with van der Waals surface area (Å²) in [4.78, 5) is 12.1. The summed E-state index contributed by atoms with van der Waals surface area (Å²) in [5.74, 6) is 0.713. The Morgan fingerprint density at radius 3 is 2.59 bits per heavy atom.